The van der Waals surface area contributed by atoms with Gasteiger partial charge in [-0.1, -0.05) is 6.07 Å². The summed E-state index contributed by atoms with van der Waals surface area (Å²) < 4.78 is 16.3. The first-order valence-electron chi connectivity index (χ1n) is 5.18. The molecule has 1 aromatic rings. The van der Waals surface area contributed by atoms with Crippen molar-refractivity contribution in [3.63, 3.8) is 0 Å². The summed E-state index contributed by atoms with van der Waals surface area (Å²) in [5.41, 5.74) is 1.12. The first-order valence-corrected chi connectivity index (χ1v) is 5.18. The predicted octanol–water partition coefficient (Wildman–Crippen LogP) is 2.17. The molecular weight excluding hydrogens is 192 g/mol. The summed E-state index contributed by atoms with van der Waals surface area (Å²) in [6.07, 6.45) is 1.16. The summed E-state index contributed by atoms with van der Waals surface area (Å²) in [5.74, 6) is 1.72. The lowest BCUT2D eigenvalue weighted by Gasteiger charge is -2.13. The van der Waals surface area contributed by atoms with Crippen LogP contribution >= 0.6 is 0 Å². The second kappa shape index (κ2) is 4.53. The van der Waals surface area contributed by atoms with E-state index in [9.17, 15) is 0 Å². The summed E-state index contributed by atoms with van der Waals surface area (Å²) in [4.78, 5) is 0. The molecule has 3 heteroatoms. The molecule has 0 unspecified atom stereocenters. The van der Waals surface area contributed by atoms with Crippen LogP contribution in [0.1, 0.15) is 12.0 Å². The first-order chi connectivity index (χ1) is 7.29. The minimum absolute atomic E-state index is 0.192. The highest BCUT2D eigenvalue weighted by molar-refractivity contribution is 5.39. The molecule has 3 nitrogen and oxygen atoms in total. The normalized spacial score (nSPS) is 20.3. The van der Waals surface area contributed by atoms with Gasteiger partial charge in [0.05, 0.1) is 20.3 Å². The van der Waals surface area contributed by atoms with E-state index in [2.05, 4.69) is 0 Å². The summed E-state index contributed by atoms with van der Waals surface area (Å²) >= 11 is 0. The van der Waals surface area contributed by atoms with Gasteiger partial charge in [-0.3, -0.25) is 0 Å². The van der Waals surface area contributed by atoms with Gasteiger partial charge in [-0.2, -0.15) is 0 Å². The molecule has 1 aromatic carbocycles. The molecule has 15 heavy (non-hydrogen) atoms. The number of hydrogen-bond donors (Lipinski definition) is 0. The van der Waals surface area contributed by atoms with Crippen molar-refractivity contribution in [3.05, 3.63) is 23.8 Å². The molecule has 1 fully saturated rings. The first kappa shape index (κ1) is 10.3. The molecule has 1 aliphatic heterocycles. The Morgan fingerprint density at radius 1 is 1.40 bits per heavy atom. The van der Waals surface area contributed by atoms with Crippen LogP contribution in [0.2, 0.25) is 0 Å². The highest BCUT2D eigenvalue weighted by Gasteiger charge is 2.17. The van der Waals surface area contributed by atoms with Crippen LogP contribution in [0.15, 0.2) is 18.2 Å². The van der Waals surface area contributed by atoms with E-state index >= 15 is 0 Å². The maximum atomic E-state index is 5.77. The highest BCUT2D eigenvalue weighted by atomic mass is 16.5. The van der Waals surface area contributed by atoms with Gasteiger partial charge < -0.3 is 14.2 Å². The summed E-state index contributed by atoms with van der Waals surface area (Å²) in [6, 6.07) is 5.90. The lowest BCUT2D eigenvalue weighted by Crippen LogP contribution is -2.15. The number of ether oxygens (including phenoxy) is 3. The van der Waals surface area contributed by atoms with E-state index in [0.29, 0.717) is 6.61 Å². The molecule has 0 bridgehead atoms. The number of methoxy groups -OCH3 is 1. The van der Waals surface area contributed by atoms with E-state index in [-0.39, 0.29) is 6.10 Å². The van der Waals surface area contributed by atoms with Crippen LogP contribution in [0.25, 0.3) is 0 Å². The van der Waals surface area contributed by atoms with Crippen molar-refractivity contribution in [1.82, 2.24) is 0 Å². The molecule has 0 aromatic heterocycles. The van der Waals surface area contributed by atoms with Crippen molar-refractivity contribution in [3.8, 4) is 11.5 Å². The average molecular weight is 208 g/mol. The van der Waals surface area contributed by atoms with E-state index in [0.717, 1.165) is 30.1 Å². The van der Waals surface area contributed by atoms with E-state index in [1.165, 1.54) is 0 Å². The zero-order chi connectivity index (χ0) is 10.7. The molecule has 0 radical (unpaired) electrons. The molecule has 1 atom stereocenters. The van der Waals surface area contributed by atoms with Crippen molar-refractivity contribution in [2.75, 3.05) is 20.3 Å². The Bertz CT molecular complexity index is 330. The molecule has 1 aliphatic rings. The molecule has 2 rings (SSSR count). The quantitative estimate of drug-likeness (QED) is 0.762. The monoisotopic (exact) mass is 208 g/mol. The third kappa shape index (κ3) is 2.42. The zero-order valence-electron chi connectivity index (χ0n) is 9.16. The standard InChI is InChI=1S/C12H16O3/c1-9-3-4-10(7-12(9)13-2)15-11-5-6-14-8-11/h3-4,7,11H,5-6,8H2,1-2H3/t11-/m1/s1. The fourth-order valence-corrected chi connectivity index (χ4v) is 1.67. The van der Waals surface area contributed by atoms with Crippen molar-refractivity contribution in [2.45, 2.75) is 19.4 Å². The van der Waals surface area contributed by atoms with Crippen molar-refractivity contribution in [2.24, 2.45) is 0 Å². The summed E-state index contributed by atoms with van der Waals surface area (Å²) in [6.45, 7) is 3.51. The third-order valence-corrected chi connectivity index (χ3v) is 2.57. The van der Waals surface area contributed by atoms with Gasteiger partial charge in [0.15, 0.2) is 0 Å². The molecule has 0 saturated carbocycles. The van der Waals surface area contributed by atoms with Crippen LogP contribution in [-0.4, -0.2) is 26.4 Å². The van der Waals surface area contributed by atoms with Gasteiger partial charge in [0.2, 0.25) is 0 Å². The molecule has 0 spiro atoms. The molecular formula is C12H16O3. The zero-order valence-corrected chi connectivity index (χ0v) is 9.16. The van der Waals surface area contributed by atoms with Gasteiger partial charge in [-0.05, 0) is 18.6 Å². The Morgan fingerprint density at radius 3 is 2.93 bits per heavy atom. The minimum Gasteiger partial charge on any atom is -0.496 e. The second-order valence-corrected chi connectivity index (χ2v) is 3.73. The minimum atomic E-state index is 0.192. The van der Waals surface area contributed by atoms with Crippen LogP contribution in [0.4, 0.5) is 0 Å². The van der Waals surface area contributed by atoms with Gasteiger partial charge >= 0.3 is 0 Å². The SMILES string of the molecule is COc1cc(O[C@@H]2CCOC2)ccc1C. The van der Waals surface area contributed by atoms with Crippen LogP contribution in [0.5, 0.6) is 11.5 Å². The summed E-state index contributed by atoms with van der Waals surface area (Å²) in [5, 5.41) is 0. The molecule has 1 heterocycles. The number of benzene rings is 1. The topological polar surface area (TPSA) is 27.7 Å². The second-order valence-electron chi connectivity index (χ2n) is 3.73. The molecule has 82 valence electrons. The van der Waals surface area contributed by atoms with E-state index in [4.69, 9.17) is 14.2 Å². The summed E-state index contributed by atoms with van der Waals surface area (Å²) in [7, 11) is 1.67. The highest BCUT2D eigenvalue weighted by Crippen LogP contribution is 2.25. The Kier molecular flexibility index (Phi) is 3.11. The third-order valence-electron chi connectivity index (χ3n) is 2.57. The maximum Gasteiger partial charge on any atom is 0.125 e. The number of aryl methyl sites for hydroxylation is 1. The van der Waals surface area contributed by atoms with Crippen LogP contribution in [-0.2, 0) is 4.74 Å². The van der Waals surface area contributed by atoms with Crippen molar-refractivity contribution < 1.29 is 14.2 Å². The molecule has 0 aliphatic carbocycles. The molecule has 1 saturated heterocycles. The van der Waals surface area contributed by atoms with Gasteiger partial charge in [0.1, 0.15) is 17.6 Å². The van der Waals surface area contributed by atoms with E-state index in [1.54, 1.807) is 7.11 Å². The van der Waals surface area contributed by atoms with E-state index in [1.807, 2.05) is 25.1 Å². The lowest BCUT2D eigenvalue weighted by molar-refractivity contribution is 0.141. The van der Waals surface area contributed by atoms with Gasteiger partial charge in [0.25, 0.3) is 0 Å². The van der Waals surface area contributed by atoms with Crippen LogP contribution < -0.4 is 9.47 Å². The molecule has 0 N–H and O–H groups in total. The van der Waals surface area contributed by atoms with Crippen LogP contribution in [0.3, 0.4) is 0 Å². The Balaban J connectivity index is 2.07. The average Bonchev–Trinajstić information content (AvgIpc) is 2.73. The number of rotatable bonds is 3. The van der Waals surface area contributed by atoms with Gasteiger partial charge in [0, 0.05) is 12.5 Å². The Morgan fingerprint density at radius 2 is 2.27 bits per heavy atom. The Labute approximate surface area is 90.0 Å². The fraction of sp³-hybridized carbons (Fsp3) is 0.500. The van der Waals surface area contributed by atoms with Crippen LogP contribution in [0, 0.1) is 6.92 Å². The van der Waals surface area contributed by atoms with Gasteiger partial charge in [-0.25, -0.2) is 0 Å². The smallest absolute Gasteiger partial charge is 0.125 e. The van der Waals surface area contributed by atoms with Crippen molar-refractivity contribution >= 4 is 0 Å². The maximum absolute atomic E-state index is 5.77. The lowest BCUT2D eigenvalue weighted by atomic mass is 10.2. The fourth-order valence-electron chi connectivity index (χ4n) is 1.67. The Hall–Kier alpha value is -1.22. The number of hydrogen-bond acceptors (Lipinski definition) is 3. The van der Waals surface area contributed by atoms with Gasteiger partial charge in [-0.15, -0.1) is 0 Å². The van der Waals surface area contributed by atoms with E-state index < -0.39 is 0 Å². The van der Waals surface area contributed by atoms with Crippen molar-refractivity contribution in [1.29, 1.82) is 0 Å². The predicted molar refractivity (Wildman–Crippen MR) is 57.6 cm³/mol. The largest absolute Gasteiger partial charge is 0.496 e. The molecule has 0 amide bonds.